The van der Waals surface area contributed by atoms with Crippen LogP contribution in [0, 0.1) is 0 Å². The summed E-state index contributed by atoms with van der Waals surface area (Å²) in [5.41, 5.74) is 0.884. The first-order chi connectivity index (χ1) is 13.0. The van der Waals surface area contributed by atoms with Crippen LogP contribution in [-0.4, -0.2) is 60.5 Å². The minimum Gasteiger partial charge on any atom is -0.369 e. The van der Waals surface area contributed by atoms with E-state index in [0.717, 1.165) is 17.6 Å². The minimum atomic E-state index is -1.50. The smallest absolute Gasteiger partial charge is 0.164 e. The van der Waals surface area contributed by atoms with Crippen molar-refractivity contribution in [2.45, 2.75) is 84.2 Å². The molecule has 0 amide bonds. The molecule has 0 aromatic heterocycles. The lowest BCUT2D eigenvalue weighted by Crippen LogP contribution is -2.46. The van der Waals surface area contributed by atoms with Crippen LogP contribution in [-0.2, 0) is 19.1 Å². The first kappa shape index (κ1) is 23.4. The number of carbonyl (C=O) groups is 2. The summed E-state index contributed by atoms with van der Waals surface area (Å²) in [5, 5.41) is 1.87. The summed E-state index contributed by atoms with van der Waals surface area (Å²) in [4.78, 5) is 27.1. The molecule has 0 aliphatic carbocycles. The van der Waals surface area contributed by atoms with Crippen LogP contribution in [0.15, 0.2) is 23.3 Å². The second-order valence-electron chi connectivity index (χ2n) is 9.09. The third-order valence-corrected chi connectivity index (χ3v) is 6.71. The van der Waals surface area contributed by atoms with Gasteiger partial charge in [0.2, 0.25) is 0 Å². The Bertz CT molecular complexity index is 653. The van der Waals surface area contributed by atoms with Crippen LogP contribution in [0.1, 0.15) is 40.5 Å². The molecule has 158 valence electrons. The molecule has 0 aromatic carbocycles. The quantitative estimate of drug-likeness (QED) is 0.408. The Morgan fingerprint density at radius 2 is 1.86 bits per heavy atom. The number of ketones is 2. The van der Waals surface area contributed by atoms with E-state index in [-0.39, 0.29) is 29.8 Å². The van der Waals surface area contributed by atoms with Gasteiger partial charge in [0.25, 0.3) is 0 Å². The van der Waals surface area contributed by atoms with Crippen molar-refractivity contribution in [2.24, 2.45) is 0 Å². The zero-order valence-corrected chi connectivity index (χ0v) is 20.1. The Hall–Kier alpha value is -0.893. The zero-order valence-electron chi connectivity index (χ0n) is 18.3. The molecule has 28 heavy (non-hydrogen) atoms. The number of allylic oxidation sites excluding steroid dienone is 2. The SMILES string of the molecule is CCS/C=C/C(=O)C[C@@H]1[C@H]2OC(C)(C)O[C@H]2/C(=C\C(=O)CC)N1C[Si](C)(C)C. The van der Waals surface area contributed by atoms with Crippen LogP contribution >= 0.6 is 11.8 Å². The maximum absolute atomic E-state index is 12.6. The van der Waals surface area contributed by atoms with E-state index in [1.165, 1.54) is 0 Å². The van der Waals surface area contributed by atoms with Gasteiger partial charge in [-0.25, -0.2) is 0 Å². The van der Waals surface area contributed by atoms with E-state index in [4.69, 9.17) is 9.47 Å². The van der Waals surface area contributed by atoms with Gasteiger partial charge >= 0.3 is 0 Å². The Labute approximate surface area is 174 Å². The Morgan fingerprint density at radius 1 is 1.18 bits per heavy atom. The molecule has 2 aliphatic rings. The number of hydrogen-bond acceptors (Lipinski definition) is 6. The lowest BCUT2D eigenvalue weighted by atomic mass is 10.0. The van der Waals surface area contributed by atoms with Gasteiger partial charge in [0.15, 0.2) is 17.4 Å². The number of ether oxygens (including phenoxy) is 2. The topological polar surface area (TPSA) is 55.8 Å². The van der Waals surface area contributed by atoms with Gasteiger partial charge in [0, 0.05) is 30.8 Å². The van der Waals surface area contributed by atoms with E-state index in [1.807, 2.05) is 26.2 Å². The number of carbonyl (C=O) groups excluding carboxylic acids is 2. The molecule has 5 nitrogen and oxygen atoms in total. The van der Waals surface area contributed by atoms with Gasteiger partial charge in [-0.1, -0.05) is 33.5 Å². The van der Waals surface area contributed by atoms with Crippen LogP contribution in [0.2, 0.25) is 19.6 Å². The van der Waals surface area contributed by atoms with Crippen molar-refractivity contribution >= 4 is 31.4 Å². The van der Waals surface area contributed by atoms with Crippen molar-refractivity contribution in [1.82, 2.24) is 4.90 Å². The molecular weight excluding hydrogens is 390 g/mol. The molecule has 2 rings (SSSR count). The molecule has 0 bridgehead atoms. The first-order valence-electron chi connectivity index (χ1n) is 10.1. The van der Waals surface area contributed by atoms with Crippen LogP contribution in [0.5, 0.6) is 0 Å². The van der Waals surface area contributed by atoms with Gasteiger partial charge in [-0.15, -0.1) is 11.8 Å². The fraction of sp³-hybridized carbons (Fsp3) is 0.714. The molecule has 0 N–H and O–H groups in total. The third-order valence-electron chi connectivity index (χ3n) is 4.76. The Morgan fingerprint density at radius 3 is 2.43 bits per heavy atom. The highest BCUT2D eigenvalue weighted by molar-refractivity contribution is 8.02. The minimum absolute atomic E-state index is 0.0776. The molecular formula is C21H35NO4SSi. The largest absolute Gasteiger partial charge is 0.369 e. The van der Waals surface area contributed by atoms with Crippen LogP contribution in [0.25, 0.3) is 0 Å². The number of fused-ring (bicyclic) bond motifs is 1. The van der Waals surface area contributed by atoms with Crippen LogP contribution < -0.4 is 0 Å². The number of rotatable bonds is 9. The predicted octanol–water partition coefficient (Wildman–Crippen LogP) is 4.16. The average Bonchev–Trinajstić information content (AvgIpc) is 3.00. The number of thioether (sulfide) groups is 1. The highest BCUT2D eigenvalue weighted by Crippen LogP contribution is 2.44. The predicted molar refractivity (Wildman–Crippen MR) is 118 cm³/mol. The van der Waals surface area contributed by atoms with Crippen LogP contribution in [0.3, 0.4) is 0 Å². The standard InChI is InChI=1S/C21H35NO4SSi/c1-8-15(23)12-17-19-20(26-21(3,4)25-19)18(22(17)14-28(5,6)7)13-16(24)10-11-27-9-2/h10-12,18-20H,8-9,13-14H2,1-7H3/b11-10+,17-12+/t18-,19+,20-/m1/s1. The molecule has 0 radical (unpaired) electrons. The van der Waals surface area contributed by atoms with Gasteiger partial charge in [-0.3, -0.25) is 9.59 Å². The molecule has 0 unspecified atom stereocenters. The van der Waals surface area contributed by atoms with Gasteiger partial charge in [-0.05, 0) is 31.1 Å². The van der Waals surface area contributed by atoms with Crippen molar-refractivity contribution in [3.05, 3.63) is 23.3 Å². The molecule has 3 atom stereocenters. The van der Waals surface area contributed by atoms with E-state index in [1.54, 1.807) is 23.9 Å². The highest BCUT2D eigenvalue weighted by atomic mass is 32.2. The molecule has 2 heterocycles. The van der Waals surface area contributed by atoms with Gasteiger partial charge < -0.3 is 14.4 Å². The second-order valence-corrected chi connectivity index (χ2v) is 15.7. The molecule has 2 fully saturated rings. The fourth-order valence-corrected chi connectivity index (χ4v) is 5.58. The maximum atomic E-state index is 12.6. The average molecular weight is 426 g/mol. The van der Waals surface area contributed by atoms with E-state index in [2.05, 4.69) is 31.5 Å². The first-order valence-corrected chi connectivity index (χ1v) is 14.9. The van der Waals surface area contributed by atoms with E-state index < -0.39 is 13.9 Å². The molecule has 2 aliphatic heterocycles. The summed E-state index contributed by atoms with van der Waals surface area (Å²) in [7, 11) is -1.50. The number of likely N-dealkylation sites (tertiary alicyclic amines) is 1. The molecule has 0 spiro atoms. The number of hydrogen-bond donors (Lipinski definition) is 0. The van der Waals surface area contributed by atoms with Crippen molar-refractivity contribution < 1.29 is 19.1 Å². The number of nitrogens with zero attached hydrogens (tertiary/aromatic N) is 1. The van der Waals surface area contributed by atoms with E-state index in [0.29, 0.717) is 12.8 Å². The third kappa shape index (κ3) is 6.05. The van der Waals surface area contributed by atoms with Crippen molar-refractivity contribution in [3.8, 4) is 0 Å². The Kier molecular flexibility index (Phi) is 7.75. The molecule has 0 aromatic rings. The highest BCUT2D eigenvalue weighted by Gasteiger charge is 2.55. The van der Waals surface area contributed by atoms with Gasteiger partial charge in [0.1, 0.15) is 12.2 Å². The summed E-state index contributed by atoms with van der Waals surface area (Å²) >= 11 is 1.62. The summed E-state index contributed by atoms with van der Waals surface area (Å²) in [6.45, 7) is 14.6. The van der Waals surface area contributed by atoms with E-state index >= 15 is 0 Å². The van der Waals surface area contributed by atoms with Crippen LogP contribution in [0.4, 0.5) is 0 Å². The lowest BCUT2D eigenvalue weighted by Gasteiger charge is -2.35. The van der Waals surface area contributed by atoms with Gasteiger partial charge in [0.05, 0.1) is 14.1 Å². The van der Waals surface area contributed by atoms with Crippen molar-refractivity contribution in [2.75, 3.05) is 11.9 Å². The fourth-order valence-electron chi connectivity index (χ4n) is 3.70. The summed E-state index contributed by atoms with van der Waals surface area (Å²) < 4.78 is 12.4. The summed E-state index contributed by atoms with van der Waals surface area (Å²) in [6.07, 6.45) is 4.52. The summed E-state index contributed by atoms with van der Waals surface area (Å²) in [6, 6.07) is -0.113. The van der Waals surface area contributed by atoms with E-state index in [9.17, 15) is 9.59 Å². The molecule has 2 saturated heterocycles. The van der Waals surface area contributed by atoms with Crippen molar-refractivity contribution in [1.29, 1.82) is 0 Å². The monoisotopic (exact) mass is 425 g/mol. The zero-order chi connectivity index (χ0) is 21.1. The van der Waals surface area contributed by atoms with Gasteiger partial charge in [-0.2, -0.15) is 0 Å². The maximum Gasteiger partial charge on any atom is 0.164 e. The normalized spacial score (nSPS) is 28.3. The summed E-state index contributed by atoms with van der Waals surface area (Å²) in [5.74, 6) is 0.386. The second kappa shape index (κ2) is 9.28. The molecule has 7 heteroatoms. The van der Waals surface area contributed by atoms with Crippen molar-refractivity contribution in [3.63, 3.8) is 0 Å². The Balaban J connectivity index is 2.37. The molecule has 0 saturated carbocycles. The lowest BCUT2D eigenvalue weighted by molar-refractivity contribution is -0.157.